The molecule has 0 saturated heterocycles. The molecule has 1 heterocycles. The van der Waals surface area contributed by atoms with Crippen LogP contribution in [0.5, 0.6) is 0 Å². The van der Waals surface area contributed by atoms with Crippen LogP contribution in [0.3, 0.4) is 0 Å². The number of aromatic nitrogens is 2. The van der Waals surface area contributed by atoms with Crippen molar-refractivity contribution in [1.29, 1.82) is 0 Å². The first-order valence-corrected chi connectivity index (χ1v) is 7.70. The first-order valence-electron chi connectivity index (χ1n) is 7.70. The molecule has 1 aliphatic carbocycles. The van der Waals surface area contributed by atoms with E-state index in [0.29, 0.717) is 19.6 Å². The van der Waals surface area contributed by atoms with Gasteiger partial charge in [-0.05, 0) is 31.6 Å². The van der Waals surface area contributed by atoms with Crippen LogP contribution in [-0.4, -0.2) is 38.7 Å². The van der Waals surface area contributed by atoms with Gasteiger partial charge in [-0.25, -0.2) is 0 Å². The van der Waals surface area contributed by atoms with Crippen molar-refractivity contribution in [2.45, 2.75) is 57.7 Å². The Balaban J connectivity index is 1.72. The molecule has 0 amide bonds. The first-order chi connectivity index (χ1) is 9.65. The van der Waals surface area contributed by atoms with E-state index in [9.17, 15) is 5.11 Å². The largest absolute Gasteiger partial charge is 0.394 e. The van der Waals surface area contributed by atoms with Gasteiger partial charge in [-0.15, -0.1) is 0 Å². The van der Waals surface area contributed by atoms with Gasteiger partial charge in [0.15, 0.2) is 0 Å². The molecule has 2 rings (SSSR count). The molecular formula is C15H27N3O2. The van der Waals surface area contributed by atoms with Gasteiger partial charge in [0.25, 0.3) is 0 Å². The second-order valence-corrected chi connectivity index (χ2v) is 6.01. The van der Waals surface area contributed by atoms with Crippen LogP contribution in [0.4, 0.5) is 0 Å². The predicted octanol–water partition coefficient (Wildman–Crippen LogP) is 1.30. The van der Waals surface area contributed by atoms with Crippen LogP contribution < -0.4 is 5.32 Å². The summed E-state index contributed by atoms with van der Waals surface area (Å²) in [6.07, 6.45) is 9.06. The highest BCUT2D eigenvalue weighted by Crippen LogP contribution is 2.33. The van der Waals surface area contributed by atoms with Crippen molar-refractivity contribution < 1.29 is 10.2 Å². The lowest BCUT2D eigenvalue weighted by atomic mass is 9.78. The summed E-state index contributed by atoms with van der Waals surface area (Å²) in [5.74, 6) is 0.798. The van der Waals surface area contributed by atoms with E-state index in [1.54, 1.807) is 10.9 Å². The fraction of sp³-hybridized carbons (Fsp3) is 0.800. The van der Waals surface area contributed by atoms with Crippen molar-refractivity contribution in [2.24, 2.45) is 5.92 Å². The van der Waals surface area contributed by atoms with Gasteiger partial charge in [0.2, 0.25) is 0 Å². The summed E-state index contributed by atoms with van der Waals surface area (Å²) in [5.41, 5.74) is 0.552. The van der Waals surface area contributed by atoms with Gasteiger partial charge < -0.3 is 15.5 Å². The van der Waals surface area contributed by atoms with Gasteiger partial charge in [0, 0.05) is 24.8 Å². The van der Waals surface area contributed by atoms with Crippen molar-refractivity contribution in [2.75, 3.05) is 13.2 Å². The Bertz CT molecular complexity index is 398. The van der Waals surface area contributed by atoms with E-state index in [1.165, 1.54) is 6.42 Å². The van der Waals surface area contributed by atoms with Gasteiger partial charge in [-0.2, -0.15) is 5.10 Å². The minimum Gasteiger partial charge on any atom is -0.394 e. The number of aliphatic hydroxyl groups excluding tert-OH is 1. The minimum atomic E-state index is -0.535. The zero-order valence-electron chi connectivity index (χ0n) is 12.4. The number of hydrogen-bond donors (Lipinski definition) is 3. The average molecular weight is 281 g/mol. The van der Waals surface area contributed by atoms with Gasteiger partial charge in [-0.1, -0.05) is 13.3 Å². The quantitative estimate of drug-likeness (QED) is 0.704. The predicted molar refractivity (Wildman–Crippen MR) is 78.2 cm³/mol. The average Bonchev–Trinajstić information content (AvgIpc) is 2.88. The Kier molecular flexibility index (Phi) is 5.57. The van der Waals surface area contributed by atoms with Gasteiger partial charge >= 0.3 is 0 Å². The minimum absolute atomic E-state index is 0.104. The lowest BCUT2D eigenvalue weighted by Crippen LogP contribution is -2.43. The Morgan fingerprint density at radius 3 is 2.85 bits per heavy atom. The number of hydrogen-bond acceptors (Lipinski definition) is 4. The molecular weight excluding hydrogens is 254 g/mol. The third-order valence-corrected chi connectivity index (χ3v) is 4.41. The molecule has 0 radical (unpaired) electrons. The topological polar surface area (TPSA) is 70.3 Å². The molecule has 1 fully saturated rings. The normalized spacial score (nSPS) is 26.9. The van der Waals surface area contributed by atoms with Gasteiger partial charge in [0.05, 0.1) is 24.9 Å². The summed E-state index contributed by atoms with van der Waals surface area (Å²) in [5, 5.41) is 26.9. The van der Waals surface area contributed by atoms with E-state index in [0.717, 1.165) is 37.2 Å². The van der Waals surface area contributed by atoms with E-state index in [1.807, 2.05) is 6.20 Å². The third kappa shape index (κ3) is 4.30. The number of rotatable bonds is 7. The third-order valence-electron chi connectivity index (χ3n) is 4.41. The van der Waals surface area contributed by atoms with Crippen LogP contribution in [-0.2, 0) is 13.1 Å². The van der Waals surface area contributed by atoms with Crippen molar-refractivity contribution in [3.8, 4) is 0 Å². The maximum atomic E-state index is 10.5. The smallest absolute Gasteiger partial charge is 0.0771 e. The van der Waals surface area contributed by atoms with Crippen LogP contribution >= 0.6 is 0 Å². The zero-order chi connectivity index (χ0) is 14.4. The fourth-order valence-corrected chi connectivity index (χ4v) is 2.96. The maximum absolute atomic E-state index is 10.5. The second kappa shape index (κ2) is 7.20. The van der Waals surface area contributed by atoms with Crippen molar-refractivity contribution in [1.82, 2.24) is 15.1 Å². The summed E-state index contributed by atoms with van der Waals surface area (Å²) < 4.78 is 1.73. The van der Waals surface area contributed by atoms with Gasteiger partial charge in [-0.3, -0.25) is 4.68 Å². The zero-order valence-corrected chi connectivity index (χ0v) is 12.4. The summed E-state index contributed by atoms with van der Waals surface area (Å²) in [7, 11) is 0. The van der Waals surface area contributed by atoms with Crippen LogP contribution in [0.2, 0.25) is 0 Å². The molecule has 0 bridgehead atoms. The molecule has 1 aromatic heterocycles. The van der Waals surface area contributed by atoms with Crippen molar-refractivity contribution in [3.63, 3.8) is 0 Å². The molecule has 5 heteroatoms. The molecule has 1 aliphatic rings. The lowest BCUT2D eigenvalue weighted by Gasteiger charge is -2.36. The summed E-state index contributed by atoms with van der Waals surface area (Å²) >= 11 is 0. The molecule has 1 aromatic rings. The molecule has 20 heavy (non-hydrogen) atoms. The molecule has 5 nitrogen and oxygen atoms in total. The highest BCUT2D eigenvalue weighted by Gasteiger charge is 2.32. The summed E-state index contributed by atoms with van der Waals surface area (Å²) in [6, 6.07) is 0. The van der Waals surface area contributed by atoms with Crippen LogP contribution in [0.1, 0.15) is 44.6 Å². The van der Waals surface area contributed by atoms with E-state index >= 15 is 0 Å². The maximum Gasteiger partial charge on any atom is 0.0771 e. The molecule has 0 spiro atoms. The summed E-state index contributed by atoms with van der Waals surface area (Å²) in [4.78, 5) is 0. The Morgan fingerprint density at radius 2 is 2.20 bits per heavy atom. The standard InChI is InChI=1S/C15H27N3O2/c1-2-13-3-5-15(20,6-4-13)12-16-9-14-10-17-18(11-14)7-8-19/h10-11,13,16,19-20H,2-9,12H2,1H3. The molecule has 0 aliphatic heterocycles. The molecule has 1 saturated carbocycles. The van der Waals surface area contributed by atoms with E-state index in [4.69, 9.17) is 5.11 Å². The first kappa shape index (κ1) is 15.5. The number of aliphatic hydroxyl groups is 2. The van der Waals surface area contributed by atoms with Crippen LogP contribution in [0, 0.1) is 5.92 Å². The van der Waals surface area contributed by atoms with E-state index in [-0.39, 0.29) is 6.61 Å². The molecule has 0 aromatic carbocycles. The highest BCUT2D eigenvalue weighted by atomic mass is 16.3. The number of nitrogens with zero attached hydrogens (tertiary/aromatic N) is 2. The Labute approximate surface area is 121 Å². The lowest BCUT2D eigenvalue weighted by molar-refractivity contribution is -0.00881. The Morgan fingerprint density at radius 1 is 1.45 bits per heavy atom. The highest BCUT2D eigenvalue weighted by molar-refractivity contribution is 5.03. The van der Waals surface area contributed by atoms with Gasteiger partial charge in [0.1, 0.15) is 0 Å². The van der Waals surface area contributed by atoms with Crippen LogP contribution in [0.25, 0.3) is 0 Å². The van der Waals surface area contributed by atoms with Crippen LogP contribution in [0.15, 0.2) is 12.4 Å². The summed E-state index contributed by atoms with van der Waals surface area (Å²) in [6.45, 7) is 4.23. The molecule has 3 N–H and O–H groups in total. The second-order valence-electron chi connectivity index (χ2n) is 6.01. The fourth-order valence-electron chi connectivity index (χ4n) is 2.96. The molecule has 114 valence electrons. The Hall–Kier alpha value is -0.910. The molecule has 0 unspecified atom stereocenters. The van der Waals surface area contributed by atoms with Crippen molar-refractivity contribution >= 4 is 0 Å². The monoisotopic (exact) mass is 281 g/mol. The number of nitrogens with one attached hydrogen (secondary N) is 1. The van der Waals surface area contributed by atoms with Crippen molar-refractivity contribution in [3.05, 3.63) is 18.0 Å². The molecule has 0 atom stereocenters. The SMILES string of the molecule is CCC1CCC(O)(CNCc2cnn(CCO)c2)CC1. The van der Waals surface area contributed by atoms with E-state index in [2.05, 4.69) is 17.3 Å². The van der Waals surface area contributed by atoms with E-state index < -0.39 is 5.60 Å².